The van der Waals surface area contributed by atoms with Crippen molar-refractivity contribution in [3.8, 4) is 0 Å². The lowest BCUT2D eigenvalue weighted by molar-refractivity contribution is 0.918. The molecule has 2 N–H and O–H groups in total. The molecule has 0 radical (unpaired) electrons. The Kier molecular flexibility index (Phi) is 1.27. The fraction of sp³-hybridized carbons (Fsp3) is 0.286. The maximum atomic E-state index is 5.44. The van der Waals surface area contributed by atoms with E-state index in [0.29, 0.717) is 0 Å². The molecular formula is C7H9N5. The molecule has 2 aromatic heterocycles. The van der Waals surface area contributed by atoms with Crippen LogP contribution < -0.4 is 5.73 Å². The number of nitrogens with two attached hydrogens (primary N) is 1. The van der Waals surface area contributed by atoms with Crippen molar-refractivity contribution in [1.82, 2.24) is 19.6 Å². The highest BCUT2D eigenvalue weighted by atomic mass is 15.3. The third-order valence-corrected chi connectivity index (χ3v) is 1.62. The number of aryl methyl sites for hydroxylation is 2. The number of hydrogen-bond donors (Lipinski definition) is 1. The summed E-state index contributed by atoms with van der Waals surface area (Å²) in [5.74, 6) is 0.283. The SMILES string of the molecule is Cc1cn2nc(N)nc2c(C)n1. The summed E-state index contributed by atoms with van der Waals surface area (Å²) in [5, 5.41) is 3.98. The second kappa shape index (κ2) is 2.17. The molecular weight excluding hydrogens is 154 g/mol. The fourth-order valence-corrected chi connectivity index (χ4v) is 1.20. The summed E-state index contributed by atoms with van der Waals surface area (Å²) >= 11 is 0. The van der Waals surface area contributed by atoms with Gasteiger partial charge in [-0.05, 0) is 13.8 Å². The van der Waals surface area contributed by atoms with E-state index in [1.807, 2.05) is 13.8 Å². The normalized spacial score (nSPS) is 10.8. The molecule has 12 heavy (non-hydrogen) atoms. The Balaban J connectivity index is 2.88. The summed E-state index contributed by atoms with van der Waals surface area (Å²) in [6.07, 6.45) is 1.80. The van der Waals surface area contributed by atoms with Crippen molar-refractivity contribution in [3.63, 3.8) is 0 Å². The fourth-order valence-electron chi connectivity index (χ4n) is 1.20. The number of nitrogens with zero attached hydrogens (tertiary/aromatic N) is 4. The van der Waals surface area contributed by atoms with E-state index in [0.717, 1.165) is 17.0 Å². The van der Waals surface area contributed by atoms with Crippen LogP contribution in [-0.4, -0.2) is 19.6 Å². The average Bonchev–Trinajstić information content (AvgIpc) is 2.29. The first-order valence-corrected chi connectivity index (χ1v) is 3.63. The van der Waals surface area contributed by atoms with Gasteiger partial charge in [0.2, 0.25) is 5.95 Å². The van der Waals surface area contributed by atoms with Gasteiger partial charge < -0.3 is 5.73 Å². The summed E-state index contributed by atoms with van der Waals surface area (Å²) in [7, 11) is 0. The van der Waals surface area contributed by atoms with Gasteiger partial charge in [-0.25, -0.2) is 4.52 Å². The van der Waals surface area contributed by atoms with Crippen molar-refractivity contribution in [2.24, 2.45) is 0 Å². The molecule has 5 heteroatoms. The first-order valence-electron chi connectivity index (χ1n) is 3.63. The van der Waals surface area contributed by atoms with Crippen LogP contribution in [0.25, 0.3) is 5.65 Å². The van der Waals surface area contributed by atoms with E-state index in [2.05, 4.69) is 15.1 Å². The zero-order valence-electron chi connectivity index (χ0n) is 6.94. The van der Waals surface area contributed by atoms with Gasteiger partial charge in [0.05, 0.1) is 17.6 Å². The molecule has 2 heterocycles. The van der Waals surface area contributed by atoms with Crippen LogP contribution in [0.2, 0.25) is 0 Å². The molecule has 0 aliphatic heterocycles. The first-order chi connectivity index (χ1) is 5.66. The molecule has 62 valence electrons. The van der Waals surface area contributed by atoms with Crippen LogP contribution in [-0.2, 0) is 0 Å². The standard InChI is InChI=1S/C7H9N5/c1-4-3-12-6(5(2)9-4)10-7(8)11-12/h3H,1-2H3,(H2,8,11). The minimum absolute atomic E-state index is 0.283. The van der Waals surface area contributed by atoms with E-state index in [1.54, 1.807) is 10.7 Å². The van der Waals surface area contributed by atoms with Crippen LogP contribution in [0.4, 0.5) is 5.95 Å². The summed E-state index contributed by atoms with van der Waals surface area (Å²) in [4.78, 5) is 8.26. The lowest BCUT2D eigenvalue weighted by Gasteiger charge is -1.96. The van der Waals surface area contributed by atoms with Crippen LogP contribution >= 0.6 is 0 Å². The minimum Gasteiger partial charge on any atom is -0.366 e. The third-order valence-electron chi connectivity index (χ3n) is 1.62. The van der Waals surface area contributed by atoms with Gasteiger partial charge >= 0.3 is 0 Å². The second-order valence-electron chi connectivity index (χ2n) is 2.71. The van der Waals surface area contributed by atoms with Crippen molar-refractivity contribution < 1.29 is 0 Å². The largest absolute Gasteiger partial charge is 0.366 e. The van der Waals surface area contributed by atoms with Crippen LogP contribution in [0, 0.1) is 13.8 Å². The zero-order chi connectivity index (χ0) is 8.72. The third kappa shape index (κ3) is 0.903. The molecule has 0 aliphatic rings. The predicted octanol–water partition coefficient (Wildman–Crippen LogP) is 0.323. The molecule has 0 saturated heterocycles. The number of fused-ring (bicyclic) bond motifs is 1. The minimum atomic E-state index is 0.283. The van der Waals surface area contributed by atoms with Crippen molar-refractivity contribution >= 4 is 11.6 Å². The molecule has 0 amide bonds. The number of anilines is 1. The molecule has 2 aromatic rings. The van der Waals surface area contributed by atoms with E-state index in [4.69, 9.17) is 5.73 Å². The number of nitrogen functional groups attached to an aromatic ring is 1. The van der Waals surface area contributed by atoms with Crippen molar-refractivity contribution in [2.75, 3.05) is 5.73 Å². The van der Waals surface area contributed by atoms with E-state index in [-0.39, 0.29) is 5.95 Å². The maximum absolute atomic E-state index is 5.44. The van der Waals surface area contributed by atoms with Gasteiger partial charge in [0.15, 0.2) is 5.65 Å². The number of aromatic nitrogens is 4. The van der Waals surface area contributed by atoms with Crippen LogP contribution in [0.3, 0.4) is 0 Å². The number of rotatable bonds is 0. The van der Waals surface area contributed by atoms with Gasteiger partial charge in [0.1, 0.15) is 0 Å². The van der Waals surface area contributed by atoms with Crippen LogP contribution in [0.15, 0.2) is 6.20 Å². The molecule has 0 aliphatic carbocycles. The molecule has 0 atom stereocenters. The number of hydrogen-bond acceptors (Lipinski definition) is 4. The van der Waals surface area contributed by atoms with Crippen molar-refractivity contribution in [3.05, 3.63) is 17.6 Å². The molecule has 0 unspecified atom stereocenters. The second-order valence-corrected chi connectivity index (χ2v) is 2.71. The topological polar surface area (TPSA) is 69.1 Å². The first kappa shape index (κ1) is 7.02. The molecule has 0 fully saturated rings. The van der Waals surface area contributed by atoms with Gasteiger partial charge in [0.25, 0.3) is 0 Å². The highest BCUT2D eigenvalue weighted by molar-refractivity contribution is 5.45. The Morgan fingerprint density at radius 1 is 1.33 bits per heavy atom. The van der Waals surface area contributed by atoms with Crippen molar-refractivity contribution in [1.29, 1.82) is 0 Å². The zero-order valence-corrected chi connectivity index (χ0v) is 6.94. The molecule has 0 bridgehead atoms. The van der Waals surface area contributed by atoms with Gasteiger partial charge in [-0.15, -0.1) is 5.10 Å². The monoisotopic (exact) mass is 163 g/mol. The smallest absolute Gasteiger partial charge is 0.240 e. The Bertz CT molecular complexity index is 431. The van der Waals surface area contributed by atoms with Gasteiger partial charge in [-0.2, -0.15) is 4.98 Å². The molecule has 0 saturated carbocycles. The lowest BCUT2D eigenvalue weighted by Crippen LogP contribution is -1.95. The quantitative estimate of drug-likeness (QED) is 0.607. The molecule has 5 nitrogen and oxygen atoms in total. The van der Waals surface area contributed by atoms with E-state index in [1.165, 1.54) is 0 Å². The molecule has 0 spiro atoms. The summed E-state index contributed by atoms with van der Waals surface area (Å²) in [6, 6.07) is 0. The van der Waals surface area contributed by atoms with Crippen molar-refractivity contribution in [2.45, 2.75) is 13.8 Å². The summed E-state index contributed by atoms with van der Waals surface area (Å²) < 4.78 is 1.65. The van der Waals surface area contributed by atoms with Crippen LogP contribution in [0.1, 0.15) is 11.4 Å². The van der Waals surface area contributed by atoms with Gasteiger partial charge in [-0.1, -0.05) is 0 Å². The average molecular weight is 163 g/mol. The van der Waals surface area contributed by atoms with E-state index in [9.17, 15) is 0 Å². The Hall–Kier alpha value is -1.65. The van der Waals surface area contributed by atoms with E-state index < -0.39 is 0 Å². The van der Waals surface area contributed by atoms with Crippen LogP contribution in [0.5, 0.6) is 0 Å². The predicted molar refractivity (Wildman–Crippen MR) is 44.7 cm³/mol. The summed E-state index contributed by atoms with van der Waals surface area (Å²) in [5.41, 5.74) is 7.91. The highest BCUT2D eigenvalue weighted by Gasteiger charge is 2.03. The lowest BCUT2D eigenvalue weighted by atomic mass is 10.4. The Labute approximate surface area is 69.2 Å². The van der Waals surface area contributed by atoms with Gasteiger partial charge in [0, 0.05) is 0 Å². The van der Waals surface area contributed by atoms with Gasteiger partial charge in [-0.3, -0.25) is 4.98 Å². The molecule has 2 rings (SSSR count). The maximum Gasteiger partial charge on any atom is 0.240 e. The summed E-state index contributed by atoms with van der Waals surface area (Å²) in [6.45, 7) is 3.79. The Morgan fingerprint density at radius 3 is 2.83 bits per heavy atom. The molecule has 0 aromatic carbocycles. The van der Waals surface area contributed by atoms with E-state index >= 15 is 0 Å². The highest BCUT2D eigenvalue weighted by Crippen LogP contribution is 2.06. The Morgan fingerprint density at radius 2 is 2.08 bits per heavy atom.